The minimum Gasteiger partial charge on any atom is -0.457 e. The molecule has 1 fully saturated rings. The van der Waals surface area contributed by atoms with Gasteiger partial charge in [-0.2, -0.15) is 10.4 Å². The Morgan fingerprint density at radius 3 is 2.97 bits per heavy atom. The molecule has 2 aliphatic rings. The second-order valence-corrected chi connectivity index (χ2v) is 8.70. The summed E-state index contributed by atoms with van der Waals surface area (Å²) >= 11 is 0. The number of fused-ring (bicyclic) bond motifs is 1. The lowest BCUT2D eigenvalue weighted by atomic mass is 9.94. The number of aliphatic hydroxyl groups excluding tert-OH is 1. The maximum Gasteiger partial charge on any atom is 0.338 e. The number of aryl methyl sites for hydroxylation is 1. The van der Waals surface area contributed by atoms with Crippen LogP contribution in [0, 0.1) is 25.2 Å². The van der Waals surface area contributed by atoms with Crippen LogP contribution in [0.1, 0.15) is 55.9 Å². The van der Waals surface area contributed by atoms with Gasteiger partial charge in [0.25, 0.3) is 0 Å². The summed E-state index contributed by atoms with van der Waals surface area (Å²) in [7, 11) is 0. The molecule has 5 rings (SSSR count). The molecule has 0 spiro atoms. The molecule has 34 heavy (non-hydrogen) atoms. The molecule has 0 saturated carbocycles. The molecule has 174 valence electrons. The van der Waals surface area contributed by atoms with Crippen LogP contribution in [0.25, 0.3) is 5.82 Å². The summed E-state index contributed by atoms with van der Waals surface area (Å²) in [5, 5.41) is 24.3. The Balaban J connectivity index is 1.27. The fourth-order valence-corrected chi connectivity index (χ4v) is 4.54. The highest BCUT2D eigenvalue weighted by Gasteiger charge is 2.29. The molecule has 1 unspecified atom stereocenters. The van der Waals surface area contributed by atoms with Gasteiger partial charge in [0.05, 0.1) is 36.1 Å². The van der Waals surface area contributed by atoms with Gasteiger partial charge < -0.3 is 14.6 Å². The molecule has 9 heteroatoms. The van der Waals surface area contributed by atoms with Gasteiger partial charge in [0.2, 0.25) is 0 Å². The first-order valence-electron chi connectivity index (χ1n) is 11.2. The van der Waals surface area contributed by atoms with E-state index in [0.29, 0.717) is 55.4 Å². The van der Waals surface area contributed by atoms with Crippen molar-refractivity contribution in [3.05, 3.63) is 75.7 Å². The van der Waals surface area contributed by atoms with Crippen LogP contribution in [0.2, 0.25) is 0 Å². The molecule has 0 bridgehead atoms. The fourth-order valence-electron chi connectivity index (χ4n) is 4.54. The van der Waals surface area contributed by atoms with Gasteiger partial charge in [-0.3, -0.25) is 4.90 Å². The zero-order chi connectivity index (χ0) is 23.8. The van der Waals surface area contributed by atoms with Crippen molar-refractivity contribution in [2.75, 3.05) is 26.2 Å². The Morgan fingerprint density at radius 1 is 1.32 bits per heavy atom. The van der Waals surface area contributed by atoms with E-state index in [4.69, 9.17) is 14.7 Å². The van der Waals surface area contributed by atoms with Gasteiger partial charge in [0.15, 0.2) is 5.82 Å². The smallest absolute Gasteiger partial charge is 0.338 e. The number of cyclic esters (lactones) is 1. The van der Waals surface area contributed by atoms with Gasteiger partial charge >= 0.3 is 5.97 Å². The van der Waals surface area contributed by atoms with Crippen LogP contribution >= 0.6 is 0 Å². The summed E-state index contributed by atoms with van der Waals surface area (Å²) < 4.78 is 12.8. The predicted molar refractivity (Wildman–Crippen MR) is 121 cm³/mol. The number of benzene rings is 1. The summed E-state index contributed by atoms with van der Waals surface area (Å²) in [6, 6.07) is 7.67. The molecule has 0 radical (unpaired) electrons. The Morgan fingerprint density at radius 2 is 2.18 bits per heavy atom. The van der Waals surface area contributed by atoms with E-state index in [9.17, 15) is 9.90 Å². The first-order chi connectivity index (χ1) is 16.4. The zero-order valence-electron chi connectivity index (χ0n) is 19.1. The standard InChI is InChI=1S/C25H25N5O4/c1-15-7-24(27-9-17(15)8-26)30-11-18(10-28-30)22(31)12-29-5-6-33-23(13-29)19-3-4-20-21(16(19)2)14-34-25(20)32/h3-4,7,9-11,22-23,31H,5-6,12-14H2,1-2H3/t22?,23-/m0/s1. The Bertz CT molecular complexity index is 1290. The number of hydrogen-bond acceptors (Lipinski definition) is 8. The first kappa shape index (κ1) is 22.2. The van der Waals surface area contributed by atoms with Crippen molar-refractivity contribution in [3.63, 3.8) is 0 Å². The number of rotatable bonds is 5. The first-order valence-corrected chi connectivity index (χ1v) is 11.2. The second kappa shape index (κ2) is 8.99. The number of carbonyl (C=O) groups is 1. The number of esters is 1. The lowest BCUT2D eigenvalue weighted by Crippen LogP contribution is -2.40. The van der Waals surface area contributed by atoms with E-state index >= 15 is 0 Å². The molecule has 1 aromatic carbocycles. The van der Waals surface area contributed by atoms with E-state index in [2.05, 4.69) is 21.1 Å². The third-order valence-electron chi connectivity index (χ3n) is 6.58. The molecule has 0 amide bonds. The lowest BCUT2D eigenvalue weighted by Gasteiger charge is -2.35. The number of nitriles is 1. The Kier molecular flexibility index (Phi) is 5.87. The summed E-state index contributed by atoms with van der Waals surface area (Å²) in [6.07, 6.45) is 4.06. The number of ether oxygens (including phenoxy) is 2. The molecule has 1 saturated heterocycles. The van der Waals surface area contributed by atoms with Crippen LogP contribution in [-0.4, -0.2) is 57.0 Å². The van der Waals surface area contributed by atoms with Crippen molar-refractivity contribution < 1.29 is 19.4 Å². The van der Waals surface area contributed by atoms with Crippen LogP contribution in [-0.2, 0) is 16.1 Å². The second-order valence-electron chi connectivity index (χ2n) is 8.70. The third-order valence-corrected chi connectivity index (χ3v) is 6.58. The van der Waals surface area contributed by atoms with Crippen molar-refractivity contribution in [2.45, 2.75) is 32.7 Å². The van der Waals surface area contributed by atoms with Gasteiger partial charge in [-0.05, 0) is 42.7 Å². The van der Waals surface area contributed by atoms with Gasteiger partial charge in [-0.15, -0.1) is 0 Å². The van der Waals surface area contributed by atoms with Crippen molar-refractivity contribution in [1.82, 2.24) is 19.7 Å². The van der Waals surface area contributed by atoms with E-state index in [0.717, 1.165) is 22.3 Å². The monoisotopic (exact) mass is 459 g/mol. The molecular weight excluding hydrogens is 434 g/mol. The average molecular weight is 460 g/mol. The fraction of sp³-hybridized carbons (Fsp3) is 0.360. The van der Waals surface area contributed by atoms with Crippen LogP contribution in [0.15, 0.2) is 36.8 Å². The summed E-state index contributed by atoms with van der Waals surface area (Å²) in [5.41, 5.74) is 5.68. The van der Waals surface area contributed by atoms with Crippen LogP contribution in [0.3, 0.4) is 0 Å². The van der Waals surface area contributed by atoms with Crippen molar-refractivity contribution in [1.29, 1.82) is 5.26 Å². The predicted octanol–water partition coefficient (Wildman–Crippen LogP) is 2.53. The number of aromatic nitrogens is 3. The molecule has 2 aliphatic heterocycles. The SMILES string of the molecule is Cc1cc(-n2cc(C(O)CN3CCO[C@H](c4ccc5c(c4C)COC5=O)C3)cn2)ncc1C#N. The zero-order valence-corrected chi connectivity index (χ0v) is 19.1. The highest BCUT2D eigenvalue weighted by Crippen LogP contribution is 2.32. The van der Waals surface area contributed by atoms with Gasteiger partial charge in [0.1, 0.15) is 12.7 Å². The van der Waals surface area contributed by atoms with Crippen molar-refractivity contribution >= 4 is 5.97 Å². The molecule has 3 aromatic rings. The van der Waals surface area contributed by atoms with Crippen LogP contribution < -0.4 is 0 Å². The van der Waals surface area contributed by atoms with Crippen LogP contribution in [0.5, 0.6) is 0 Å². The molecule has 2 atom stereocenters. The van der Waals surface area contributed by atoms with E-state index in [1.165, 1.54) is 6.20 Å². The topological polar surface area (TPSA) is 114 Å². The summed E-state index contributed by atoms with van der Waals surface area (Å²) in [5.74, 6) is 0.321. The van der Waals surface area contributed by atoms with Gasteiger partial charge in [0, 0.05) is 43.2 Å². The van der Waals surface area contributed by atoms with E-state index in [1.807, 2.05) is 26.0 Å². The third kappa shape index (κ3) is 4.07. The Hall–Kier alpha value is -3.58. The van der Waals surface area contributed by atoms with Gasteiger partial charge in [-0.25, -0.2) is 14.5 Å². The molecule has 9 nitrogen and oxygen atoms in total. The number of carbonyl (C=O) groups excluding carboxylic acids is 1. The van der Waals surface area contributed by atoms with Gasteiger partial charge in [-0.1, -0.05) is 6.07 Å². The number of pyridine rings is 1. The quantitative estimate of drug-likeness (QED) is 0.579. The van der Waals surface area contributed by atoms with Crippen molar-refractivity contribution in [2.24, 2.45) is 0 Å². The number of β-amino-alcohol motifs (C(OH)–C–C–N with tert-alkyl or cyclic N) is 1. The number of nitrogens with zero attached hydrogens (tertiary/aromatic N) is 5. The average Bonchev–Trinajstić information content (AvgIpc) is 3.47. The van der Waals surface area contributed by atoms with Crippen LogP contribution in [0.4, 0.5) is 0 Å². The van der Waals surface area contributed by atoms with E-state index in [1.54, 1.807) is 23.1 Å². The normalized spacial score (nSPS) is 18.9. The summed E-state index contributed by atoms with van der Waals surface area (Å²) in [6.45, 7) is 6.50. The highest BCUT2D eigenvalue weighted by molar-refractivity contribution is 5.93. The number of morpholine rings is 1. The minimum absolute atomic E-state index is 0.143. The molecule has 2 aromatic heterocycles. The maximum absolute atomic E-state index is 11.8. The molecule has 4 heterocycles. The van der Waals surface area contributed by atoms with E-state index < -0.39 is 6.10 Å². The minimum atomic E-state index is -0.723. The van der Waals surface area contributed by atoms with E-state index in [-0.39, 0.29) is 12.1 Å². The van der Waals surface area contributed by atoms with Crippen molar-refractivity contribution in [3.8, 4) is 11.9 Å². The lowest BCUT2D eigenvalue weighted by molar-refractivity contribution is -0.0427. The largest absolute Gasteiger partial charge is 0.457 e. The summed E-state index contributed by atoms with van der Waals surface area (Å²) in [4.78, 5) is 18.3. The maximum atomic E-state index is 11.8. The number of aliphatic hydroxyl groups is 1. The Labute approximate surface area is 197 Å². The highest BCUT2D eigenvalue weighted by atomic mass is 16.5. The molecular formula is C25H25N5O4. The molecule has 1 N–H and O–H groups in total. The molecule has 0 aliphatic carbocycles. The number of hydrogen-bond donors (Lipinski definition) is 1.